The lowest BCUT2D eigenvalue weighted by atomic mass is 9.49. The summed E-state index contributed by atoms with van der Waals surface area (Å²) in [7, 11) is 1.54. The summed E-state index contributed by atoms with van der Waals surface area (Å²) < 4.78 is 5.28. The van der Waals surface area contributed by atoms with Crippen molar-refractivity contribution in [2.24, 2.45) is 0 Å². The van der Waals surface area contributed by atoms with Crippen molar-refractivity contribution in [1.29, 1.82) is 0 Å². The first-order valence-electron chi connectivity index (χ1n) is 8.05. The average molecular weight is 305 g/mol. The van der Waals surface area contributed by atoms with Crippen molar-refractivity contribution in [3.63, 3.8) is 0 Å². The van der Waals surface area contributed by atoms with Gasteiger partial charge in [0.05, 0.1) is 18.8 Å². The molecule has 0 amide bonds. The molecule has 2 fully saturated rings. The number of aromatic hydroxyl groups is 1. The summed E-state index contributed by atoms with van der Waals surface area (Å²) >= 11 is 0. The van der Waals surface area contributed by atoms with Crippen LogP contribution in [0.15, 0.2) is 12.1 Å². The molecule has 0 spiro atoms. The second-order valence-electron chi connectivity index (χ2n) is 7.01. The third kappa shape index (κ3) is 1.59. The van der Waals surface area contributed by atoms with Crippen LogP contribution in [-0.4, -0.2) is 46.7 Å². The van der Waals surface area contributed by atoms with Gasteiger partial charge in [0.25, 0.3) is 0 Å². The van der Waals surface area contributed by atoms with Crippen molar-refractivity contribution in [2.75, 3.05) is 13.7 Å². The topological polar surface area (TPSA) is 82.0 Å². The Morgan fingerprint density at radius 1 is 1.32 bits per heavy atom. The fourth-order valence-corrected chi connectivity index (χ4v) is 5.15. The Morgan fingerprint density at radius 2 is 2.14 bits per heavy atom. The minimum atomic E-state index is -0.915. The molecule has 1 aromatic carbocycles. The fourth-order valence-electron chi connectivity index (χ4n) is 5.15. The largest absolute Gasteiger partial charge is 0.504 e. The number of aliphatic hydroxyl groups is 2. The van der Waals surface area contributed by atoms with Gasteiger partial charge in [-0.2, -0.15) is 0 Å². The number of rotatable bonds is 1. The maximum absolute atomic E-state index is 11.5. The van der Waals surface area contributed by atoms with E-state index in [1.807, 2.05) is 6.07 Å². The van der Waals surface area contributed by atoms with Gasteiger partial charge in [-0.25, -0.2) is 0 Å². The van der Waals surface area contributed by atoms with Gasteiger partial charge in [-0.1, -0.05) is 6.07 Å². The summed E-state index contributed by atoms with van der Waals surface area (Å²) in [5.41, 5.74) is 0.341. The van der Waals surface area contributed by atoms with Crippen LogP contribution in [0.2, 0.25) is 0 Å². The highest BCUT2D eigenvalue weighted by Gasteiger charge is 2.63. The highest BCUT2D eigenvalue weighted by molar-refractivity contribution is 5.58. The molecule has 1 saturated heterocycles. The number of nitrogens with one attached hydrogen (secondary N) is 1. The lowest BCUT2D eigenvalue weighted by Crippen LogP contribution is -2.72. The molecule has 4 atom stereocenters. The van der Waals surface area contributed by atoms with Gasteiger partial charge >= 0.3 is 0 Å². The van der Waals surface area contributed by atoms with Crippen LogP contribution < -0.4 is 10.1 Å². The number of hydrogen-bond acceptors (Lipinski definition) is 5. The van der Waals surface area contributed by atoms with Crippen LogP contribution in [0, 0.1) is 0 Å². The van der Waals surface area contributed by atoms with E-state index < -0.39 is 17.1 Å². The molecular formula is C17H23NO4. The smallest absolute Gasteiger partial charge is 0.161 e. The molecule has 5 heteroatoms. The van der Waals surface area contributed by atoms with Crippen LogP contribution in [-0.2, 0) is 11.8 Å². The molecule has 0 radical (unpaired) electrons. The van der Waals surface area contributed by atoms with E-state index in [0.29, 0.717) is 37.9 Å². The maximum Gasteiger partial charge on any atom is 0.161 e. The second kappa shape index (κ2) is 4.60. The molecular weight excluding hydrogens is 282 g/mol. The van der Waals surface area contributed by atoms with Crippen LogP contribution in [0.1, 0.15) is 36.8 Å². The predicted octanol–water partition coefficient (Wildman–Crippen LogP) is 0.833. The van der Waals surface area contributed by atoms with Crippen molar-refractivity contribution < 1.29 is 20.1 Å². The van der Waals surface area contributed by atoms with Gasteiger partial charge in [0, 0.05) is 17.0 Å². The Labute approximate surface area is 129 Å². The van der Waals surface area contributed by atoms with Gasteiger partial charge in [0.1, 0.15) is 0 Å². The standard InChI is InChI=1S/C17H23NO4/c1-22-12-3-2-10-8-13-17(21)5-4-11(19)9-16(17,6-7-18-13)14(10)15(12)20/h2-3,11,13,18-21H,4-9H2,1H3/t11-,13+,16-,17-/m1/s1. The maximum atomic E-state index is 11.5. The SMILES string of the molecule is COc1ccc2c(c1O)[C@]13CCN[C@@H](C2)[C@]1(O)CC[C@@H](O)C3. The van der Waals surface area contributed by atoms with Gasteiger partial charge < -0.3 is 25.4 Å². The summed E-state index contributed by atoms with van der Waals surface area (Å²) in [5, 5.41) is 35.9. The fraction of sp³-hybridized carbons (Fsp3) is 0.647. The molecule has 5 nitrogen and oxygen atoms in total. The van der Waals surface area contributed by atoms with Gasteiger partial charge in [0.15, 0.2) is 11.5 Å². The first-order valence-corrected chi connectivity index (χ1v) is 8.05. The third-order valence-electron chi connectivity index (χ3n) is 6.14. The Kier molecular flexibility index (Phi) is 2.99. The Balaban J connectivity index is 1.98. The summed E-state index contributed by atoms with van der Waals surface area (Å²) in [6.07, 6.45) is 2.63. The Morgan fingerprint density at radius 3 is 2.91 bits per heavy atom. The number of aliphatic hydroxyl groups excluding tert-OH is 1. The molecule has 120 valence electrons. The number of piperidine rings is 1. The van der Waals surface area contributed by atoms with E-state index in [1.54, 1.807) is 6.07 Å². The van der Waals surface area contributed by atoms with Crippen molar-refractivity contribution in [3.8, 4) is 11.5 Å². The van der Waals surface area contributed by atoms with Crippen molar-refractivity contribution in [1.82, 2.24) is 5.32 Å². The minimum absolute atomic E-state index is 0.0194. The van der Waals surface area contributed by atoms with Gasteiger partial charge in [-0.05, 0) is 50.3 Å². The van der Waals surface area contributed by atoms with Crippen LogP contribution >= 0.6 is 0 Å². The molecule has 2 aliphatic carbocycles. The Hall–Kier alpha value is -1.30. The van der Waals surface area contributed by atoms with Gasteiger partial charge in [-0.3, -0.25) is 0 Å². The van der Waals surface area contributed by atoms with Gasteiger partial charge in [0.2, 0.25) is 0 Å². The summed E-state index contributed by atoms with van der Waals surface area (Å²) in [4.78, 5) is 0. The highest BCUT2D eigenvalue weighted by atomic mass is 16.5. The lowest BCUT2D eigenvalue weighted by Gasteiger charge is -2.61. The monoisotopic (exact) mass is 305 g/mol. The molecule has 1 saturated carbocycles. The van der Waals surface area contributed by atoms with Crippen molar-refractivity contribution in [3.05, 3.63) is 23.3 Å². The predicted molar refractivity (Wildman–Crippen MR) is 81.3 cm³/mol. The molecule has 0 unspecified atom stereocenters. The van der Waals surface area contributed by atoms with Crippen molar-refractivity contribution >= 4 is 0 Å². The minimum Gasteiger partial charge on any atom is -0.504 e. The summed E-state index contributed by atoms with van der Waals surface area (Å²) in [5.74, 6) is 0.570. The molecule has 1 aliphatic heterocycles. The lowest BCUT2D eigenvalue weighted by molar-refractivity contribution is -0.146. The van der Waals surface area contributed by atoms with Crippen LogP contribution in [0.3, 0.4) is 0 Å². The molecule has 4 rings (SSSR count). The molecule has 0 aromatic heterocycles. The number of hydrogen-bond donors (Lipinski definition) is 4. The number of fused-ring (bicyclic) bond motifs is 1. The summed E-state index contributed by atoms with van der Waals surface area (Å²) in [6, 6.07) is 3.74. The molecule has 4 N–H and O–H groups in total. The first-order chi connectivity index (χ1) is 10.5. The normalized spacial score (nSPS) is 39.8. The quantitative estimate of drug-likeness (QED) is 0.618. The Bertz CT molecular complexity index is 619. The number of ether oxygens (including phenoxy) is 1. The molecule has 2 bridgehead atoms. The number of phenols is 1. The van der Waals surface area contributed by atoms with E-state index in [9.17, 15) is 15.3 Å². The number of phenolic OH excluding ortho intramolecular Hbond substituents is 1. The first kappa shape index (κ1) is 14.3. The number of benzene rings is 1. The molecule has 1 heterocycles. The summed E-state index contributed by atoms with van der Waals surface area (Å²) in [6.45, 7) is 0.787. The zero-order chi connectivity index (χ0) is 15.5. The van der Waals surface area contributed by atoms with Gasteiger partial charge in [-0.15, -0.1) is 0 Å². The number of methoxy groups -OCH3 is 1. The molecule has 1 aromatic rings. The van der Waals surface area contributed by atoms with E-state index >= 15 is 0 Å². The van der Waals surface area contributed by atoms with Crippen LogP contribution in [0.5, 0.6) is 11.5 Å². The molecule has 3 aliphatic rings. The zero-order valence-corrected chi connectivity index (χ0v) is 12.8. The average Bonchev–Trinajstić information content (AvgIpc) is 2.47. The highest BCUT2D eigenvalue weighted by Crippen LogP contribution is 2.59. The van der Waals surface area contributed by atoms with E-state index in [4.69, 9.17) is 4.74 Å². The van der Waals surface area contributed by atoms with E-state index in [-0.39, 0.29) is 11.8 Å². The third-order valence-corrected chi connectivity index (χ3v) is 6.14. The van der Waals surface area contributed by atoms with Crippen molar-refractivity contribution in [2.45, 2.75) is 55.3 Å². The van der Waals surface area contributed by atoms with E-state index in [1.165, 1.54) is 7.11 Å². The molecule has 22 heavy (non-hydrogen) atoms. The van der Waals surface area contributed by atoms with Crippen LogP contribution in [0.25, 0.3) is 0 Å². The van der Waals surface area contributed by atoms with E-state index in [0.717, 1.165) is 17.7 Å². The second-order valence-corrected chi connectivity index (χ2v) is 7.01. The van der Waals surface area contributed by atoms with E-state index in [2.05, 4.69) is 5.32 Å². The zero-order valence-electron chi connectivity index (χ0n) is 12.8. The van der Waals surface area contributed by atoms with Crippen LogP contribution in [0.4, 0.5) is 0 Å².